The van der Waals surface area contributed by atoms with Crippen molar-refractivity contribution in [1.82, 2.24) is 0 Å². The van der Waals surface area contributed by atoms with E-state index in [1.54, 1.807) is 18.2 Å². The number of nitrogens with one attached hydrogen (secondary N) is 1. The Hall–Kier alpha value is -1.77. The zero-order valence-corrected chi connectivity index (χ0v) is 14.9. The third-order valence-corrected chi connectivity index (χ3v) is 7.13. The Morgan fingerprint density at radius 1 is 1.08 bits per heavy atom. The Labute approximate surface area is 146 Å². The number of anilines is 2. The summed E-state index contributed by atoms with van der Waals surface area (Å²) in [6.45, 7) is 0.399. The second-order valence-electron chi connectivity index (χ2n) is 5.35. The summed E-state index contributed by atoms with van der Waals surface area (Å²) in [4.78, 5) is 0.0751. The predicted octanol–water partition coefficient (Wildman–Crippen LogP) is 2.68. The number of nitrogens with zero attached hydrogens (tertiary/aromatic N) is 1. The van der Waals surface area contributed by atoms with Crippen LogP contribution in [0, 0.1) is 0 Å². The Morgan fingerprint density at radius 3 is 2.42 bits per heavy atom. The average Bonchev–Trinajstić information content (AvgIpc) is 2.87. The monoisotopic (exact) mass is 386 g/mol. The van der Waals surface area contributed by atoms with Gasteiger partial charge < -0.3 is 0 Å². The van der Waals surface area contributed by atoms with E-state index in [4.69, 9.17) is 11.6 Å². The highest BCUT2D eigenvalue weighted by molar-refractivity contribution is 7.93. The van der Waals surface area contributed by atoms with Crippen LogP contribution in [0.2, 0.25) is 5.02 Å². The molecule has 1 aliphatic heterocycles. The van der Waals surface area contributed by atoms with Gasteiger partial charge in [0.05, 0.1) is 22.0 Å². The molecule has 0 amide bonds. The van der Waals surface area contributed by atoms with E-state index in [0.717, 1.165) is 0 Å². The third kappa shape index (κ3) is 3.50. The Morgan fingerprint density at radius 2 is 1.79 bits per heavy atom. The first-order valence-corrected chi connectivity index (χ1v) is 10.6. The van der Waals surface area contributed by atoms with Crippen LogP contribution in [0.5, 0.6) is 0 Å². The predicted molar refractivity (Wildman–Crippen MR) is 94.5 cm³/mol. The molecular weight excluding hydrogens is 372 g/mol. The second-order valence-corrected chi connectivity index (χ2v) is 9.48. The van der Waals surface area contributed by atoms with Gasteiger partial charge >= 0.3 is 0 Å². The number of sulfonamides is 2. The van der Waals surface area contributed by atoms with Crippen molar-refractivity contribution >= 4 is 43.0 Å². The van der Waals surface area contributed by atoms with Crippen LogP contribution in [0.1, 0.15) is 6.42 Å². The SMILES string of the molecule is O=S(=O)(Nc1cccc(N2CCCS2(=O)=O)c1)c1ccc(Cl)cc1. The molecule has 2 aromatic rings. The lowest BCUT2D eigenvalue weighted by molar-refractivity contribution is 0.598. The van der Waals surface area contributed by atoms with Crippen LogP contribution in [0.15, 0.2) is 53.4 Å². The van der Waals surface area contributed by atoms with Crippen LogP contribution < -0.4 is 9.03 Å². The molecule has 0 bridgehead atoms. The van der Waals surface area contributed by atoms with E-state index in [9.17, 15) is 16.8 Å². The van der Waals surface area contributed by atoms with E-state index in [1.165, 1.54) is 34.6 Å². The Bertz CT molecular complexity index is 957. The number of rotatable bonds is 4. The van der Waals surface area contributed by atoms with Gasteiger partial charge in [-0.1, -0.05) is 17.7 Å². The molecule has 1 N–H and O–H groups in total. The minimum Gasteiger partial charge on any atom is -0.280 e. The van der Waals surface area contributed by atoms with Gasteiger partial charge in [-0.3, -0.25) is 9.03 Å². The van der Waals surface area contributed by atoms with E-state index >= 15 is 0 Å². The summed E-state index contributed by atoms with van der Waals surface area (Å²) in [5.74, 6) is 0.105. The first-order valence-electron chi connectivity index (χ1n) is 7.17. The van der Waals surface area contributed by atoms with Crippen molar-refractivity contribution in [2.45, 2.75) is 11.3 Å². The molecule has 0 unspecified atom stereocenters. The van der Waals surface area contributed by atoms with E-state index in [1.807, 2.05) is 0 Å². The first-order chi connectivity index (χ1) is 11.3. The van der Waals surface area contributed by atoms with E-state index in [0.29, 0.717) is 29.4 Å². The molecule has 128 valence electrons. The normalized spacial score (nSPS) is 17.0. The summed E-state index contributed by atoms with van der Waals surface area (Å²) in [6.07, 6.45) is 0.559. The molecule has 9 heteroatoms. The van der Waals surface area contributed by atoms with E-state index in [2.05, 4.69) is 4.72 Å². The summed E-state index contributed by atoms with van der Waals surface area (Å²) >= 11 is 5.76. The lowest BCUT2D eigenvalue weighted by atomic mass is 10.3. The van der Waals surface area contributed by atoms with Gasteiger partial charge in [-0.25, -0.2) is 16.8 Å². The van der Waals surface area contributed by atoms with E-state index < -0.39 is 20.0 Å². The molecule has 1 heterocycles. The smallest absolute Gasteiger partial charge is 0.261 e. The van der Waals surface area contributed by atoms with Crippen molar-refractivity contribution in [3.05, 3.63) is 53.6 Å². The van der Waals surface area contributed by atoms with Gasteiger partial charge in [0.2, 0.25) is 10.0 Å². The summed E-state index contributed by atoms with van der Waals surface area (Å²) in [6, 6.07) is 12.1. The van der Waals surface area contributed by atoms with Crippen LogP contribution >= 0.6 is 11.6 Å². The van der Waals surface area contributed by atoms with Gasteiger partial charge in [0.15, 0.2) is 0 Å². The van der Waals surface area contributed by atoms with Crippen LogP contribution in [0.4, 0.5) is 11.4 Å². The number of halogens is 1. The Kier molecular flexibility index (Phi) is 4.46. The molecule has 0 radical (unpaired) electrons. The molecular formula is C15H15ClN2O4S2. The van der Waals surface area contributed by atoms with Crippen molar-refractivity contribution in [2.75, 3.05) is 21.3 Å². The second kappa shape index (κ2) is 6.27. The molecule has 3 rings (SSSR count). The maximum atomic E-state index is 12.4. The number of hydrogen-bond donors (Lipinski definition) is 1. The van der Waals surface area contributed by atoms with Gasteiger partial charge in [-0.05, 0) is 48.9 Å². The van der Waals surface area contributed by atoms with Crippen LogP contribution in [0.3, 0.4) is 0 Å². The fourth-order valence-corrected chi connectivity index (χ4v) is 5.21. The lowest BCUT2D eigenvalue weighted by Crippen LogP contribution is -2.25. The van der Waals surface area contributed by atoms with Gasteiger partial charge in [0.25, 0.3) is 10.0 Å². The highest BCUT2D eigenvalue weighted by Crippen LogP contribution is 2.27. The van der Waals surface area contributed by atoms with Crippen molar-refractivity contribution in [2.24, 2.45) is 0 Å². The molecule has 1 aliphatic rings. The molecule has 0 spiro atoms. The summed E-state index contributed by atoms with van der Waals surface area (Å²) in [7, 11) is -7.09. The lowest BCUT2D eigenvalue weighted by Gasteiger charge is -2.18. The standard InChI is InChI=1S/C15H15ClN2O4S2/c16-12-5-7-15(8-6-12)24(21,22)17-13-3-1-4-14(11-13)18-9-2-10-23(18,19)20/h1,3-8,11,17H,2,9-10H2. The molecule has 0 aliphatic carbocycles. The van der Waals surface area contributed by atoms with Gasteiger partial charge in [0, 0.05) is 11.6 Å². The van der Waals surface area contributed by atoms with Gasteiger partial charge in [0.1, 0.15) is 0 Å². The maximum Gasteiger partial charge on any atom is 0.261 e. The minimum absolute atomic E-state index is 0.0751. The molecule has 0 saturated carbocycles. The van der Waals surface area contributed by atoms with Crippen LogP contribution in [-0.2, 0) is 20.0 Å². The minimum atomic E-state index is -3.78. The molecule has 2 aromatic carbocycles. The van der Waals surface area contributed by atoms with Crippen LogP contribution in [0.25, 0.3) is 0 Å². The molecule has 1 fully saturated rings. The zero-order chi connectivity index (χ0) is 17.4. The largest absolute Gasteiger partial charge is 0.280 e. The third-order valence-electron chi connectivity index (χ3n) is 3.61. The highest BCUT2D eigenvalue weighted by atomic mass is 35.5. The number of hydrogen-bond acceptors (Lipinski definition) is 4. The van der Waals surface area contributed by atoms with Crippen molar-refractivity contribution in [3.8, 4) is 0 Å². The topological polar surface area (TPSA) is 83.6 Å². The quantitative estimate of drug-likeness (QED) is 0.875. The van der Waals surface area contributed by atoms with Crippen molar-refractivity contribution < 1.29 is 16.8 Å². The van der Waals surface area contributed by atoms with Gasteiger partial charge in [-0.2, -0.15) is 0 Å². The Balaban J connectivity index is 1.88. The molecule has 24 heavy (non-hydrogen) atoms. The zero-order valence-electron chi connectivity index (χ0n) is 12.5. The average molecular weight is 387 g/mol. The fraction of sp³-hybridized carbons (Fsp3) is 0.200. The maximum absolute atomic E-state index is 12.4. The fourth-order valence-electron chi connectivity index (χ4n) is 2.48. The first kappa shape index (κ1) is 17.1. The summed E-state index contributed by atoms with van der Waals surface area (Å²) < 4.78 is 52.5. The molecule has 1 saturated heterocycles. The van der Waals surface area contributed by atoms with Gasteiger partial charge in [-0.15, -0.1) is 0 Å². The summed E-state index contributed by atoms with van der Waals surface area (Å²) in [5.41, 5.74) is 0.744. The molecule has 0 aromatic heterocycles. The number of benzene rings is 2. The summed E-state index contributed by atoms with van der Waals surface area (Å²) in [5, 5.41) is 0.440. The van der Waals surface area contributed by atoms with E-state index in [-0.39, 0.29) is 10.6 Å². The van der Waals surface area contributed by atoms with Crippen molar-refractivity contribution in [3.63, 3.8) is 0 Å². The molecule has 6 nitrogen and oxygen atoms in total. The highest BCUT2D eigenvalue weighted by Gasteiger charge is 2.28. The van der Waals surface area contributed by atoms with Crippen molar-refractivity contribution in [1.29, 1.82) is 0 Å². The van der Waals surface area contributed by atoms with Crippen LogP contribution in [-0.4, -0.2) is 29.1 Å². The molecule has 0 atom stereocenters.